The predicted octanol–water partition coefficient (Wildman–Crippen LogP) is 4.54. The van der Waals surface area contributed by atoms with Gasteiger partial charge in [-0.1, -0.05) is 54.6 Å². The number of carbonyl (C=O) groups is 3. The molecule has 0 fully saturated rings. The summed E-state index contributed by atoms with van der Waals surface area (Å²) in [4.78, 5) is 39.2. The Morgan fingerprint density at radius 1 is 0.968 bits per heavy atom. The second kappa shape index (κ2) is 9.43. The number of Topliss-reactive ketones (excluding diaryl/α,β-unsaturated/α-hetero) is 1. The van der Waals surface area contributed by atoms with Crippen molar-refractivity contribution in [2.45, 2.75) is 33.7 Å². The van der Waals surface area contributed by atoms with Gasteiger partial charge in [0.25, 0.3) is 5.91 Å². The minimum Gasteiger partial charge on any atom is -0.451 e. The average Bonchev–Trinajstić information content (AvgIpc) is 3.07. The SMILES string of the molecule is CC(=O)c1c(C)[nH]c(C(=O)OCC(=O)NC(C)c2ccc(-c3ccccc3)cc2)c1C. The van der Waals surface area contributed by atoms with Gasteiger partial charge in [0.2, 0.25) is 0 Å². The fourth-order valence-corrected chi connectivity index (χ4v) is 3.65. The molecular weight excluding hydrogens is 392 g/mol. The van der Waals surface area contributed by atoms with Gasteiger partial charge in [-0.2, -0.15) is 0 Å². The number of ether oxygens (including phenoxy) is 1. The quantitative estimate of drug-likeness (QED) is 0.436. The van der Waals surface area contributed by atoms with Crippen molar-refractivity contribution < 1.29 is 19.1 Å². The first-order valence-electron chi connectivity index (χ1n) is 10.1. The molecule has 0 saturated carbocycles. The van der Waals surface area contributed by atoms with Crippen molar-refractivity contribution in [3.05, 3.63) is 82.7 Å². The molecule has 160 valence electrons. The first-order chi connectivity index (χ1) is 14.8. The molecule has 1 unspecified atom stereocenters. The van der Waals surface area contributed by atoms with Crippen molar-refractivity contribution in [1.29, 1.82) is 0 Å². The number of amides is 1. The Kier molecular flexibility index (Phi) is 6.70. The lowest BCUT2D eigenvalue weighted by Gasteiger charge is -2.15. The summed E-state index contributed by atoms with van der Waals surface area (Å²) in [6.45, 7) is 6.31. The van der Waals surface area contributed by atoms with Gasteiger partial charge >= 0.3 is 5.97 Å². The standard InChI is InChI=1S/C25H26N2O4/c1-15-23(18(4)28)17(3)27-24(15)25(30)31-14-22(29)26-16(2)19-10-12-21(13-11-19)20-8-6-5-7-9-20/h5-13,16,27H,14H2,1-4H3,(H,26,29). The molecule has 1 atom stereocenters. The Morgan fingerprint density at radius 3 is 2.16 bits per heavy atom. The normalized spacial score (nSPS) is 11.6. The van der Waals surface area contributed by atoms with Crippen LogP contribution in [0.5, 0.6) is 0 Å². The molecule has 1 heterocycles. The number of rotatable bonds is 7. The summed E-state index contributed by atoms with van der Waals surface area (Å²) in [5, 5.41) is 2.83. The summed E-state index contributed by atoms with van der Waals surface area (Å²) in [6, 6.07) is 17.8. The topological polar surface area (TPSA) is 88.3 Å². The van der Waals surface area contributed by atoms with Crippen LogP contribution in [-0.4, -0.2) is 29.3 Å². The molecule has 0 radical (unpaired) electrons. The Hall–Kier alpha value is -3.67. The molecule has 0 bridgehead atoms. The van der Waals surface area contributed by atoms with Gasteiger partial charge in [0.15, 0.2) is 12.4 Å². The average molecular weight is 418 g/mol. The Balaban J connectivity index is 1.56. The Labute approximate surface area is 181 Å². The highest BCUT2D eigenvalue weighted by molar-refractivity contribution is 6.01. The third kappa shape index (κ3) is 5.09. The van der Waals surface area contributed by atoms with Crippen LogP contribution in [0.15, 0.2) is 54.6 Å². The third-order valence-electron chi connectivity index (χ3n) is 5.22. The number of hydrogen-bond acceptors (Lipinski definition) is 4. The smallest absolute Gasteiger partial charge is 0.355 e. The van der Waals surface area contributed by atoms with Crippen molar-refractivity contribution in [3.63, 3.8) is 0 Å². The van der Waals surface area contributed by atoms with Gasteiger partial charge in [-0.05, 0) is 49.9 Å². The zero-order valence-corrected chi connectivity index (χ0v) is 18.1. The lowest BCUT2D eigenvalue weighted by Crippen LogP contribution is -2.31. The van der Waals surface area contributed by atoms with E-state index in [1.807, 2.05) is 61.5 Å². The predicted molar refractivity (Wildman–Crippen MR) is 119 cm³/mol. The summed E-state index contributed by atoms with van der Waals surface area (Å²) < 4.78 is 5.14. The molecule has 31 heavy (non-hydrogen) atoms. The zero-order chi connectivity index (χ0) is 22.5. The highest BCUT2D eigenvalue weighted by Crippen LogP contribution is 2.22. The maximum absolute atomic E-state index is 12.3. The van der Waals surface area contributed by atoms with Crippen molar-refractivity contribution in [1.82, 2.24) is 10.3 Å². The second-order valence-corrected chi connectivity index (χ2v) is 7.53. The van der Waals surface area contributed by atoms with Crippen LogP contribution in [0.25, 0.3) is 11.1 Å². The van der Waals surface area contributed by atoms with E-state index in [1.165, 1.54) is 6.92 Å². The van der Waals surface area contributed by atoms with Gasteiger partial charge in [-0.15, -0.1) is 0 Å². The van der Waals surface area contributed by atoms with Crippen molar-refractivity contribution in [3.8, 4) is 11.1 Å². The van der Waals surface area contributed by atoms with Gasteiger partial charge in [-0.25, -0.2) is 4.79 Å². The first kappa shape index (κ1) is 22.0. The number of benzene rings is 2. The maximum Gasteiger partial charge on any atom is 0.355 e. The third-order valence-corrected chi connectivity index (χ3v) is 5.22. The lowest BCUT2D eigenvalue weighted by molar-refractivity contribution is -0.124. The van der Waals surface area contributed by atoms with Crippen molar-refractivity contribution >= 4 is 17.7 Å². The number of carbonyl (C=O) groups excluding carboxylic acids is 3. The van der Waals surface area contributed by atoms with E-state index >= 15 is 0 Å². The molecule has 0 aliphatic rings. The van der Waals surface area contributed by atoms with E-state index < -0.39 is 18.5 Å². The molecule has 2 N–H and O–H groups in total. The minimum atomic E-state index is -0.664. The van der Waals surface area contributed by atoms with E-state index in [0.29, 0.717) is 16.8 Å². The van der Waals surface area contributed by atoms with Crippen LogP contribution in [0.2, 0.25) is 0 Å². The number of hydrogen-bond donors (Lipinski definition) is 2. The van der Waals surface area contributed by atoms with Crippen molar-refractivity contribution in [2.75, 3.05) is 6.61 Å². The molecule has 3 aromatic rings. The van der Waals surface area contributed by atoms with Crippen LogP contribution < -0.4 is 5.32 Å². The van der Waals surface area contributed by atoms with E-state index in [9.17, 15) is 14.4 Å². The number of ketones is 1. The van der Waals surface area contributed by atoms with Crippen LogP contribution in [0.4, 0.5) is 0 Å². The number of aromatic amines is 1. The van der Waals surface area contributed by atoms with E-state index in [1.54, 1.807) is 13.8 Å². The van der Waals surface area contributed by atoms with Gasteiger partial charge in [-0.3, -0.25) is 9.59 Å². The van der Waals surface area contributed by atoms with Gasteiger partial charge in [0, 0.05) is 11.3 Å². The summed E-state index contributed by atoms with van der Waals surface area (Å²) in [5.41, 5.74) is 4.97. The van der Waals surface area contributed by atoms with Gasteiger partial charge in [0.1, 0.15) is 5.69 Å². The molecule has 1 amide bonds. The number of esters is 1. The van der Waals surface area contributed by atoms with E-state index in [2.05, 4.69) is 10.3 Å². The highest BCUT2D eigenvalue weighted by Gasteiger charge is 2.21. The van der Waals surface area contributed by atoms with Crippen LogP contribution in [0.3, 0.4) is 0 Å². The number of aromatic nitrogens is 1. The fraction of sp³-hybridized carbons (Fsp3) is 0.240. The largest absolute Gasteiger partial charge is 0.451 e. The van der Waals surface area contributed by atoms with Gasteiger partial charge < -0.3 is 15.0 Å². The fourth-order valence-electron chi connectivity index (χ4n) is 3.65. The maximum atomic E-state index is 12.3. The van der Waals surface area contributed by atoms with E-state index in [-0.39, 0.29) is 17.5 Å². The van der Waals surface area contributed by atoms with Crippen LogP contribution in [0.1, 0.15) is 57.6 Å². The summed E-state index contributed by atoms with van der Waals surface area (Å²) >= 11 is 0. The highest BCUT2D eigenvalue weighted by atomic mass is 16.5. The molecule has 3 rings (SSSR count). The van der Waals surface area contributed by atoms with Crippen LogP contribution in [-0.2, 0) is 9.53 Å². The number of aryl methyl sites for hydroxylation is 1. The number of nitrogens with one attached hydrogen (secondary N) is 2. The summed E-state index contributed by atoms with van der Waals surface area (Å²) in [7, 11) is 0. The zero-order valence-electron chi connectivity index (χ0n) is 18.1. The minimum absolute atomic E-state index is 0.129. The molecule has 0 aliphatic carbocycles. The molecule has 0 spiro atoms. The molecule has 0 aliphatic heterocycles. The van der Waals surface area contributed by atoms with Crippen LogP contribution >= 0.6 is 0 Å². The van der Waals surface area contributed by atoms with E-state index in [4.69, 9.17) is 4.74 Å². The molecular formula is C25H26N2O4. The monoisotopic (exact) mass is 418 g/mol. The Morgan fingerprint density at radius 2 is 1.58 bits per heavy atom. The van der Waals surface area contributed by atoms with Crippen molar-refractivity contribution in [2.24, 2.45) is 0 Å². The van der Waals surface area contributed by atoms with E-state index in [0.717, 1.165) is 16.7 Å². The summed E-state index contributed by atoms with van der Waals surface area (Å²) in [5.74, 6) is -1.20. The number of H-pyrrole nitrogens is 1. The molecule has 6 nitrogen and oxygen atoms in total. The molecule has 0 saturated heterocycles. The molecule has 6 heteroatoms. The second-order valence-electron chi connectivity index (χ2n) is 7.53. The summed E-state index contributed by atoms with van der Waals surface area (Å²) in [6.07, 6.45) is 0. The molecule has 1 aromatic heterocycles. The first-order valence-corrected chi connectivity index (χ1v) is 10.1. The Bertz CT molecular complexity index is 1100. The van der Waals surface area contributed by atoms with Gasteiger partial charge in [0.05, 0.1) is 6.04 Å². The van der Waals surface area contributed by atoms with Crippen LogP contribution in [0, 0.1) is 13.8 Å². The lowest BCUT2D eigenvalue weighted by atomic mass is 10.0. The molecule has 2 aromatic carbocycles.